The van der Waals surface area contributed by atoms with Crippen LogP contribution in [0.3, 0.4) is 0 Å². The summed E-state index contributed by atoms with van der Waals surface area (Å²) >= 11 is 0. The fourth-order valence-corrected chi connectivity index (χ4v) is 4.19. The molecule has 0 fully saturated rings. The van der Waals surface area contributed by atoms with Crippen LogP contribution in [-0.4, -0.2) is 20.4 Å². The Kier molecular flexibility index (Phi) is 5.19. The van der Waals surface area contributed by atoms with E-state index < -0.39 is 0 Å². The molecular weight excluding hydrogens is 403 g/mol. The van der Waals surface area contributed by atoms with Crippen molar-refractivity contribution in [3.63, 3.8) is 0 Å². The fraction of sp³-hybridized carbons (Fsp3) is 0.154. The molecule has 0 saturated carbocycles. The molecule has 5 rings (SSSR count). The predicted molar refractivity (Wildman–Crippen MR) is 125 cm³/mol. The van der Waals surface area contributed by atoms with E-state index in [1.807, 2.05) is 66.2 Å². The third kappa shape index (κ3) is 3.75. The second kappa shape index (κ2) is 8.30. The highest BCUT2D eigenvalue weighted by atomic mass is 19.1. The number of aromatic amines is 1. The van der Waals surface area contributed by atoms with Crippen molar-refractivity contribution >= 4 is 27.8 Å². The monoisotopic (exact) mass is 426 g/mol. The Labute approximate surface area is 184 Å². The average molecular weight is 426 g/mol. The van der Waals surface area contributed by atoms with E-state index >= 15 is 0 Å². The predicted octanol–water partition coefficient (Wildman–Crippen LogP) is 5.11. The number of halogens is 1. The first-order valence-electron chi connectivity index (χ1n) is 10.6. The Morgan fingerprint density at radius 3 is 2.66 bits per heavy atom. The summed E-state index contributed by atoms with van der Waals surface area (Å²) in [6.07, 6.45) is 0.801. The molecule has 0 saturated heterocycles. The molecule has 6 heteroatoms. The summed E-state index contributed by atoms with van der Waals surface area (Å²) in [5.74, 6) is 0.448. The molecule has 0 aliphatic carbocycles. The van der Waals surface area contributed by atoms with Crippen LogP contribution in [0.25, 0.3) is 33.2 Å². The van der Waals surface area contributed by atoms with E-state index in [9.17, 15) is 9.18 Å². The Hall–Kier alpha value is -3.93. The minimum absolute atomic E-state index is 0.0678. The fourth-order valence-electron chi connectivity index (χ4n) is 4.19. The summed E-state index contributed by atoms with van der Waals surface area (Å²) in [7, 11) is 1.95. The molecule has 0 unspecified atom stereocenters. The molecule has 0 spiro atoms. The minimum Gasteiger partial charge on any atom is -0.354 e. The number of carbonyl (C=O) groups excluding carboxylic acids is 1. The number of hydrogen-bond acceptors (Lipinski definition) is 2. The van der Waals surface area contributed by atoms with Crippen molar-refractivity contribution in [2.24, 2.45) is 7.05 Å². The van der Waals surface area contributed by atoms with Crippen molar-refractivity contribution in [2.45, 2.75) is 19.4 Å². The summed E-state index contributed by atoms with van der Waals surface area (Å²) in [5, 5.41) is 3.79. The average Bonchev–Trinajstić information content (AvgIpc) is 3.34. The number of aryl methyl sites for hydroxylation is 2. The zero-order valence-corrected chi connectivity index (χ0v) is 17.7. The smallest absolute Gasteiger partial charge is 0.220 e. The number of carbonyl (C=O) groups is 1. The van der Waals surface area contributed by atoms with E-state index in [1.54, 1.807) is 6.07 Å². The van der Waals surface area contributed by atoms with Crippen molar-refractivity contribution in [3.8, 4) is 11.3 Å². The van der Waals surface area contributed by atoms with E-state index in [0.717, 1.165) is 44.6 Å². The van der Waals surface area contributed by atoms with E-state index in [-0.39, 0.29) is 11.7 Å². The summed E-state index contributed by atoms with van der Waals surface area (Å²) in [5.41, 5.74) is 5.69. The number of aromatic nitrogens is 3. The molecular formula is C26H23FN4O. The van der Waals surface area contributed by atoms with E-state index in [2.05, 4.69) is 15.3 Å². The highest BCUT2D eigenvalue weighted by Gasteiger charge is 2.16. The topological polar surface area (TPSA) is 62.7 Å². The van der Waals surface area contributed by atoms with Gasteiger partial charge in [-0.25, -0.2) is 9.37 Å². The molecule has 0 atom stereocenters. The van der Waals surface area contributed by atoms with Crippen molar-refractivity contribution in [2.75, 3.05) is 0 Å². The number of imidazole rings is 1. The lowest BCUT2D eigenvalue weighted by atomic mass is 10.0. The van der Waals surface area contributed by atoms with Crippen LogP contribution < -0.4 is 5.32 Å². The third-order valence-electron chi connectivity index (χ3n) is 5.86. The van der Waals surface area contributed by atoms with Crippen molar-refractivity contribution < 1.29 is 9.18 Å². The second-order valence-electron chi connectivity index (χ2n) is 7.89. The van der Waals surface area contributed by atoms with Gasteiger partial charge in [0.25, 0.3) is 0 Å². The Morgan fingerprint density at radius 2 is 1.84 bits per heavy atom. The molecule has 0 aliphatic heterocycles. The van der Waals surface area contributed by atoms with Crippen LogP contribution in [0.15, 0.2) is 72.8 Å². The number of nitrogens with zero attached hydrogens (tertiary/aromatic N) is 2. The van der Waals surface area contributed by atoms with Crippen LogP contribution >= 0.6 is 0 Å². The second-order valence-corrected chi connectivity index (χ2v) is 7.89. The van der Waals surface area contributed by atoms with E-state index in [4.69, 9.17) is 0 Å². The van der Waals surface area contributed by atoms with Gasteiger partial charge < -0.3 is 14.9 Å². The maximum atomic E-state index is 14.0. The SMILES string of the molecule is Cn1c(CNC(=O)CCc2c(-c3ccccc3)[nH]c3ccc(F)cc23)nc2ccccc21. The van der Waals surface area contributed by atoms with Gasteiger partial charge in [0.2, 0.25) is 5.91 Å². The largest absolute Gasteiger partial charge is 0.354 e. The quantitative estimate of drug-likeness (QED) is 0.396. The molecule has 5 nitrogen and oxygen atoms in total. The van der Waals surface area contributed by atoms with Crippen LogP contribution in [-0.2, 0) is 24.8 Å². The lowest BCUT2D eigenvalue weighted by Gasteiger charge is -2.08. The zero-order valence-electron chi connectivity index (χ0n) is 17.7. The van der Waals surface area contributed by atoms with Gasteiger partial charge in [0.1, 0.15) is 11.6 Å². The Balaban J connectivity index is 1.34. The van der Waals surface area contributed by atoms with Crippen LogP contribution in [0, 0.1) is 5.82 Å². The van der Waals surface area contributed by atoms with Gasteiger partial charge in [-0.3, -0.25) is 4.79 Å². The van der Waals surface area contributed by atoms with Gasteiger partial charge >= 0.3 is 0 Å². The van der Waals surface area contributed by atoms with Gasteiger partial charge in [-0.05, 0) is 47.9 Å². The molecule has 2 N–H and O–H groups in total. The number of rotatable bonds is 6. The summed E-state index contributed by atoms with van der Waals surface area (Å²) in [4.78, 5) is 20.7. The van der Waals surface area contributed by atoms with E-state index in [0.29, 0.717) is 19.4 Å². The number of fused-ring (bicyclic) bond motifs is 2. The van der Waals surface area contributed by atoms with Gasteiger partial charge in [-0.1, -0.05) is 42.5 Å². The van der Waals surface area contributed by atoms with Gasteiger partial charge in [0, 0.05) is 30.1 Å². The van der Waals surface area contributed by atoms with Gasteiger partial charge in [0.15, 0.2) is 0 Å². The standard InChI is InChI=1S/C26H23FN4O/c1-31-23-10-6-5-9-22(23)29-24(31)16-28-25(32)14-12-19-20-15-18(27)11-13-21(20)30-26(19)17-7-3-2-4-8-17/h2-11,13,15,30H,12,14,16H2,1H3,(H,28,32). The van der Waals surface area contributed by atoms with Crippen molar-refractivity contribution in [1.29, 1.82) is 0 Å². The maximum Gasteiger partial charge on any atom is 0.220 e. The highest BCUT2D eigenvalue weighted by Crippen LogP contribution is 2.31. The van der Waals surface area contributed by atoms with Gasteiger partial charge in [0.05, 0.1) is 17.6 Å². The number of H-pyrrole nitrogens is 1. The summed E-state index contributed by atoms with van der Waals surface area (Å²) in [6, 6.07) is 22.5. The molecule has 0 radical (unpaired) electrons. The zero-order chi connectivity index (χ0) is 22.1. The summed E-state index contributed by atoms with van der Waals surface area (Å²) in [6.45, 7) is 0.359. The first-order chi connectivity index (χ1) is 15.6. The van der Waals surface area contributed by atoms with Crippen molar-refractivity contribution in [1.82, 2.24) is 19.9 Å². The number of amides is 1. The minimum atomic E-state index is -0.288. The normalized spacial score (nSPS) is 11.3. The molecule has 0 aliphatic rings. The Bertz CT molecular complexity index is 1420. The van der Waals surface area contributed by atoms with Crippen LogP contribution in [0.1, 0.15) is 17.8 Å². The molecule has 32 heavy (non-hydrogen) atoms. The van der Waals surface area contributed by atoms with Gasteiger partial charge in [-0.2, -0.15) is 0 Å². The Morgan fingerprint density at radius 1 is 1.06 bits per heavy atom. The molecule has 1 amide bonds. The third-order valence-corrected chi connectivity index (χ3v) is 5.86. The van der Waals surface area contributed by atoms with Crippen LogP contribution in [0.5, 0.6) is 0 Å². The van der Waals surface area contributed by atoms with Gasteiger partial charge in [-0.15, -0.1) is 0 Å². The maximum absolute atomic E-state index is 14.0. The number of hydrogen-bond donors (Lipinski definition) is 2. The molecule has 5 aromatic rings. The van der Waals surface area contributed by atoms with Crippen molar-refractivity contribution in [3.05, 3.63) is 90.0 Å². The molecule has 3 aromatic carbocycles. The van der Waals surface area contributed by atoms with E-state index in [1.165, 1.54) is 12.1 Å². The van der Waals surface area contributed by atoms with Crippen LogP contribution in [0.4, 0.5) is 4.39 Å². The lowest BCUT2D eigenvalue weighted by molar-refractivity contribution is -0.121. The molecule has 2 heterocycles. The summed E-state index contributed by atoms with van der Waals surface area (Å²) < 4.78 is 16.0. The molecule has 2 aromatic heterocycles. The molecule has 0 bridgehead atoms. The number of para-hydroxylation sites is 2. The molecule has 160 valence electrons. The first kappa shape index (κ1) is 20.0. The van der Waals surface area contributed by atoms with Crippen LogP contribution in [0.2, 0.25) is 0 Å². The lowest BCUT2D eigenvalue weighted by Crippen LogP contribution is -2.24. The number of nitrogens with one attached hydrogen (secondary N) is 2. The number of benzene rings is 3. The first-order valence-corrected chi connectivity index (χ1v) is 10.6. The highest BCUT2D eigenvalue weighted by molar-refractivity contribution is 5.91.